The van der Waals surface area contributed by atoms with Gasteiger partial charge in [0.15, 0.2) is 5.11 Å². The van der Waals surface area contributed by atoms with Crippen LogP contribution in [0, 0.1) is 0 Å². The number of phenols is 1. The van der Waals surface area contributed by atoms with Gasteiger partial charge in [-0.1, -0.05) is 30.3 Å². The molecule has 0 radical (unpaired) electrons. The average Bonchev–Trinajstić information content (AvgIpc) is 2.53. The first-order valence-electron chi connectivity index (χ1n) is 7.10. The third kappa shape index (κ3) is 2.61. The number of nitrogens with one attached hydrogen (secondary N) is 2. The molecule has 0 aliphatic carbocycles. The first-order chi connectivity index (χ1) is 11.0. The van der Waals surface area contributed by atoms with E-state index in [0.29, 0.717) is 21.9 Å². The number of fused-ring (bicyclic) bond motifs is 1. The lowest BCUT2D eigenvalue weighted by molar-refractivity contribution is -0.136. The molecule has 0 spiro atoms. The van der Waals surface area contributed by atoms with E-state index in [4.69, 9.17) is 17.0 Å². The van der Waals surface area contributed by atoms with Crippen molar-refractivity contribution in [2.45, 2.75) is 13.0 Å². The van der Waals surface area contributed by atoms with Gasteiger partial charge in [-0.3, -0.25) is 0 Å². The molecule has 0 bridgehead atoms. The lowest BCUT2D eigenvalue weighted by Crippen LogP contribution is -2.45. The molecular weight excluding hydrogens is 312 g/mol. The Labute approximate surface area is 139 Å². The average molecular weight is 328 g/mol. The number of allylic oxidation sites excluding steroid dienone is 1. The maximum atomic E-state index is 12.2. The van der Waals surface area contributed by atoms with Gasteiger partial charge in [0.05, 0.1) is 18.7 Å². The summed E-state index contributed by atoms with van der Waals surface area (Å²) in [6, 6.07) is 10.5. The number of phenolic OH excluding ortho intramolecular Hbond substituents is 1. The molecule has 0 unspecified atom stereocenters. The smallest absolute Gasteiger partial charge is 0.337 e. The highest BCUT2D eigenvalue weighted by Gasteiger charge is 2.33. The number of esters is 1. The lowest BCUT2D eigenvalue weighted by atomic mass is 9.91. The van der Waals surface area contributed by atoms with Crippen molar-refractivity contribution in [3.63, 3.8) is 0 Å². The predicted molar refractivity (Wildman–Crippen MR) is 91.9 cm³/mol. The summed E-state index contributed by atoms with van der Waals surface area (Å²) in [7, 11) is 1.33. The summed E-state index contributed by atoms with van der Waals surface area (Å²) in [6.07, 6.45) is 0. The second kappa shape index (κ2) is 5.89. The van der Waals surface area contributed by atoms with Crippen LogP contribution >= 0.6 is 12.2 Å². The van der Waals surface area contributed by atoms with E-state index < -0.39 is 12.0 Å². The summed E-state index contributed by atoms with van der Waals surface area (Å²) in [6.45, 7) is 1.76. The molecule has 5 nitrogen and oxygen atoms in total. The van der Waals surface area contributed by atoms with Crippen molar-refractivity contribution in [3.05, 3.63) is 53.2 Å². The van der Waals surface area contributed by atoms with Gasteiger partial charge in [0.25, 0.3) is 0 Å². The molecule has 0 fully saturated rings. The van der Waals surface area contributed by atoms with Crippen molar-refractivity contribution < 1.29 is 14.6 Å². The quantitative estimate of drug-likeness (QED) is 0.581. The summed E-state index contributed by atoms with van der Waals surface area (Å²) < 4.78 is 4.90. The molecular formula is C17H16N2O3S. The van der Waals surface area contributed by atoms with Gasteiger partial charge in [-0.05, 0) is 36.0 Å². The number of methoxy groups -OCH3 is 1. The molecule has 1 aliphatic rings. The van der Waals surface area contributed by atoms with Crippen molar-refractivity contribution in [3.8, 4) is 5.75 Å². The first kappa shape index (κ1) is 15.3. The normalized spacial score (nSPS) is 17.7. The van der Waals surface area contributed by atoms with E-state index in [2.05, 4.69) is 10.6 Å². The first-order valence-corrected chi connectivity index (χ1v) is 7.51. The molecule has 3 rings (SSSR count). The summed E-state index contributed by atoms with van der Waals surface area (Å²) in [5, 5.41) is 18.6. The predicted octanol–water partition coefficient (Wildman–Crippen LogP) is 2.51. The van der Waals surface area contributed by atoms with Crippen LogP contribution in [0.15, 0.2) is 47.7 Å². The Balaban J connectivity index is 2.27. The molecule has 0 amide bonds. The Morgan fingerprint density at radius 2 is 2.00 bits per heavy atom. The van der Waals surface area contributed by atoms with Crippen LogP contribution in [-0.2, 0) is 9.53 Å². The molecule has 2 aromatic carbocycles. The van der Waals surface area contributed by atoms with E-state index >= 15 is 0 Å². The molecule has 1 aliphatic heterocycles. The van der Waals surface area contributed by atoms with E-state index in [1.807, 2.05) is 30.3 Å². The highest BCUT2D eigenvalue weighted by Crippen LogP contribution is 2.37. The van der Waals surface area contributed by atoms with Gasteiger partial charge in [-0.25, -0.2) is 4.79 Å². The number of hydrogen-bond acceptors (Lipinski definition) is 4. The number of aromatic hydroxyl groups is 1. The van der Waals surface area contributed by atoms with Crippen LogP contribution in [0.5, 0.6) is 5.75 Å². The van der Waals surface area contributed by atoms with E-state index in [1.54, 1.807) is 13.0 Å². The zero-order valence-electron chi connectivity index (χ0n) is 12.7. The monoisotopic (exact) mass is 328 g/mol. The highest BCUT2D eigenvalue weighted by molar-refractivity contribution is 7.80. The van der Waals surface area contributed by atoms with E-state index in [0.717, 1.165) is 10.8 Å². The maximum Gasteiger partial charge on any atom is 0.337 e. The number of carbonyl (C=O) groups is 1. The number of carbonyl (C=O) groups excluding carboxylic acids is 1. The molecule has 1 heterocycles. The number of ether oxygens (including phenoxy) is 1. The molecule has 23 heavy (non-hydrogen) atoms. The molecule has 6 heteroatoms. The van der Waals surface area contributed by atoms with Crippen LogP contribution < -0.4 is 10.6 Å². The summed E-state index contributed by atoms with van der Waals surface area (Å²) in [4.78, 5) is 12.2. The summed E-state index contributed by atoms with van der Waals surface area (Å²) in [5.41, 5.74) is 1.61. The SMILES string of the molecule is COC(=O)C1=C(C)NC(=S)N[C@@H]1c1c(O)ccc2ccccc12. The second-order valence-corrected chi connectivity index (χ2v) is 5.69. The zero-order valence-corrected chi connectivity index (χ0v) is 13.5. The maximum absolute atomic E-state index is 12.2. The van der Waals surface area contributed by atoms with Gasteiger partial charge in [-0.2, -0.15) is 0 Å². The number of thiocarbonyl (C=S) groups is 1. The number of hydrogen-bond donors (Lipinski definition) is 3. The standard InChI is InChI=1S/C17H16N2O3S/c1-9-13(16(21)22-2)15(19-17(23)18-9)14-11-6-4-3-5-10(11)7-8-12(14)20/h3-8,15,20H,1-2H3,(H2,18,19,23)/t15-/m0/s1. The lowest BCUT2D eigenvalue weighted by Gasteiger charge is -2.30. The molecule has 1 atom stereocenters. The fourth-order valence-electron chi connectivity index (χ4n) is 2.88. The second-order valence-electron chi connectivity index (χ2n) is 5.28. The van der Waals surface area contributed by atoms with Gasteiger partial charge in [0.1, 0.15) is 5.75 Å². The van der Waals surface area contributed by atoms with Crippen LogP contribution in [-0.4, -0.2) is 23.3 Å². The van der Waals surface area contributed by atoms with E-state index in [9.17, 15) is 9.90 Å². The summed E-state index contributed by atoms with van der Waals surface area (Å²) in [5.74, 6) is -0.373. The van der Waals surface area contributed by atoms with E-state index in [-0.39, 0.29) is 5.75 Å². The number of benzene rings is 2. The molecule has 0 aromatic heterocycles. The van der Waals surface area contributed by atoms with Crippen LogP contribution in [0.25, 0.3) is 10.8 Å². The van der Waals surface area contributed by atoms with E-state index in [1.165, 1.54) is 7.11 Å². The van der Waals surface area contributed by atoms with Gasteiger partial charge < -0.3 is 20.5 Å². The van der Waals surface area contributed by atoms with Crippen molar-refractivity contribution in [1.82, 2.24) is 10.6 Å². The largest absolute Gasteiger partial charge is 0.508 e. The third-order valence-electron chi connectivity index (χ3n) is 3.91. The van der Waals surface area contributed by atoms with Crippen molar-refractivity contribution in [2.75, 3.05) is 7.11 Å². The van der Waals surface area contributed by atoms with Crippen LogP contribution in [0.1, 0.15) is 18.5 Å². The molecule has 0 saturated carbocycles. The Morgan fingerprint density at radius 1 is 1.26 bits per heavy atom. The van der Waals surface area contributed by atoms with Crippen molar-refractivity contribution >= 4 is 34.1 Å². The Hall–Kier alpha value is -2.60. The fraction of sp³-hybridized carbons (Fsp3) is 0.176. The number of rotatable bonds is 2. The highest BCUT2D eigenvalue weighted by atomic mass is 32.1. The third-order valence-corrected chi connectivity index (χ3v) is 4.13. The topological polar surface area (TPSA) is 70.6 Å². The molecule has 118 valence electrons. The summed E-state index contributed by atoms with van der Waals surface area (Å²) >= 11 is 5.21. The fourth-order valence-corrected chi connectivity index (χ4v) is 3.15. The Kier molecular flexibility index (Phi) is 3.92. The van der Waals surface area contributed by atoms with Crippen LogP contribution in [0.2, 0.25) is 0 Å². The Morgan fingerprint density at radius 3 is 2.74 bits per heavy atom. The minimum atomic E-state index is -0.581. The van der Waals surface area contributed by atoms with Gasteiger partial charge >= 0.3 is 5.97 Å². The van der Waals surface area contributed by atoms with Gasteiger partial charge in [-0.15, -0.1) is 0 Å². The molecule has 0 saturated heterocycles. The van der Waals surface area contributed by atoms with Gasteiger partial charge in [0.2, 0.25) is 0 Å². The van der Waals surface area contributed by atoms with Crippen LogP contribution in [0.3, 0.4) is 0 Å². The van der Waals surface area contributed by atoms with Gasteiger partial charge in [0, 0.05) is 11.3 Å². The van der Waals surface area contributed by atoms with Crippen molar-refractivity contribution in [2.24, 2.45) is 0 Å². The van der Waals surface area contributed by atoms with Crippen molar-refractivity contribution in [1.29, 1.82) is 0 Å². The Bertz CT molecular complexity index is 845. The van der Waals surface area contributed by atoms with Crippen LogP contribution in [0.4, 0.5) is 0 Å². The minimum Gasteiger partial charge on any atom is -0.508 e. The molecule has 2 aromatic rings. The molecule has 3 N–H and O–H groups in total. The minimum absolute atomic E-state index is 0.0973. The zero-order chi connectivity index (χ0) is 16.6.